The number of benzene rings is 1. The minimum absolute atomic E-state index is 0.0381. The van der Waals surface area contributed by atoms with Gasteiger partial charge in [-0.1, -0.05) is 0 Å². The molecule has 0 bridgehead atoms. The van der Waals surface area contributed by atoms with Crippen LogP contribution in [0.5, 0.6) is 5.75 Å². The van der Waals surface area contributed by atoms with Gasteiger partial charge in [-0.15, -0.1) is 0 Å². The molecule has 2 rings (SSSR count). The average Bonchev–Trinajstić information content (AvgIpc) is 2.47. The van der Waals surface area contributed by atoms with Gasteiger partial charge < -0.3 is 14.4 Å². The second kappa shape index (κ2) is 6.01. The van der Waals surface area contributed by atoms with E-state index in [1.165, 1.54) is 25.4 Å². The molecule has 0 aliphatic rings. The summed E-state index contributed by atoms with van der Waals surface area (Å²) in [6.07, 6.45) is 2.85. The molecule has 1 aromatic heterocycles. The number of hydrogen-bond donors (Lipinski definition) is 1. The molecule has 0 radical (unpaired) electrons. The molecule has 2 aromatic rings. The van der Waals surface area contributed by atoms with Gasteiger partial charge in [0.15, 0.2) is 0 Å². The fourth-order valence-electron chi connectivity index (χ4n) is 2.13. The molecule has 1 N–H and O–H groups in total. The Morgan fingerprint density at radius 3 is 2.50 bits per heavy atom. The number of ether oxygens (including phenoxy) is 1. The molecular formula is C16H16FNO4. The second-order valence-electron chi connectivity index (χ2n) is 5.11. The van der Waals surface area contributed by atoms with Crippen LogP contribution in [0.1, 0.15) is 30.2 Å². The van der Waals surface area contributed by atoms with Gasteiger partial charge in [-0.2, -0.15) is 0 Å². The van der Waals surface area contributed by atoms with E-state index in [0.29, 0.717) is 5.56 Å². The number of nitrogens with zero attached hydrogens (tertiary/aromatic N) is 1. The lowest BCUT2D eigenvalue weighted by atomic mass is 10.0. The molecule has 0 fully saturated rings. The molecule has 0 aliphatic heterocycles. The van der Waals surface area contributed by atoms with Gasteiger partial charge in [-0.3, -0.25) is 4.79 Å². The fraction of sp³-hybridized carbons (Fsp3) is 0.250. The van der Waals surface area contributed by atoms with Crippen LogP contribution < -0.4 is 10.2 Å². The van der Waals surface area contributed by atoms with Gasteiger partial charge in [0.25, 0.3) is 0 Å². The van der Waals surface area contributed by atoms with Crippen LogP contribution in [0.4, 0.5) is 4.39 Å². The lowest BCUT2D eigenvalue weighted by Crippen LogP contribution is -2.20. The number of hydrogen-bond acceptors (Lipinski definition) is 3. The summed E-state index contributed by atoms with van der Waals surface area (Å²) in [4.78, 5) is 23.7. The Labute approximate surface area is 126 Å². The number of carbonyl (C=O) groups is 1. The zero-order chi connectivity index (χ0) is 16.4. The van der Waals surface area contributed by atoms with Gasteiger partial charge in [-0.05, 0) is 26.0 Å². The van der Waals surface area contributed by atoms with Crippen LogP contribution in [0.3, 0.4) is 0 Å². The van der Waals surface area contributed by atoms with E-state index in [-0.39, 0.29) is 22.9 Å². The summed E-state index contributed by atoms with van der Waals surface area (Å²) >= 11 is 0. The van der Waals surface area contributed by atoms with Crippen LogP contribution in [0.15, 0.2) is 35.4 Å². The van der Waals surface area contributed by atoms with Crippen molar-refractivity contribution in [2.24, 2.45) is 0 Å². The van der Waals surface area contributed by atoms with Gasteiger partial charge in [0.1, 0.15) is 17.1 Å². The van der Waals surface area contributed by atoms with Crippen LogP contribution in [-0.4, -0.2) is 22.8 Å². The first kappa shape index (κ1) is 15.8. The van der Waals surface area contributed by atoms with Gasteiger partial charge in [0, 0.05) is 30.1 Å². The van der Waals surface area contributed by atoms with Crippen molar-refractivity contribution in [1.29, 1.82) is 0 Å². The molecule has 5 nitrogen and oxygen atoms in total. The van der Waals surface area contributed by atoms with Crippen molar-refractivity contribution in [3.63, 3.8) is 0 Å². The van der Waals surface area contributed by atoms with Crippen molar-refractivity contribution in [2.45, 2.75) is 19.9 Å². The maximum atomic E-state index is 13.3. The molecule has 1 aromatic carbocycles. The van der Waals surface area contributed by atoms with Crippen molar-refractivity contribution in [1.82, 2.24) is 4.57 Å². The molecule has 0 amide bonds. The quantitative estimate of drug-likeness (QED) is 0.943. The number of pyridine rings is 1. The third-order valence-corrected chi connectivity index (χ3v) is 3.33. The summed E-state index contributed by atoms with van der Waals surface area (Å²) in [7, 11) is 1.36. The monoisotopic (exact) mass is 305 g/mol. The Balaban J connectivity index is 2.80. The number of methoxy groups -OCH3 is 1. The highest BCUT2D eigenvalue weighted by atomic mass is 19.1. The van der Waals surface area contributed by atoms with Crippen LogP contribution in [-0.2, 0) is 0 Å². The molecule has 0 unspecified atom stereocenters. The Kier molecular flexibility index (Phi) is 4.30. The van der Waals surface area contributed by atoms with Crippen LogP contribution in [0.2, 0.25) is 0 Å². The van der Waals surface area contributed by atoms with Crippen molar-refractivity contribution >= 4 is 5.97 Å². The van der Waals surface area contributed by atoms with Gasteiger partial charge in [0.05, 0.1) is 12.7 Å². The summed E-state index contributed by atoms with van der Waals surface area (Å²) in [5, 5.41) is 9.21. The van der Waals surface area contributed by atoms with E-state index >= 15 is 0 Å². The minimum atomic E-state index is -1.30. The van der Waals surface area contributed by atoms with E-state index in [0.717, 1.165) is 6.07 Å². The predicted octanol–water partition coefficient (Wildman–Crippen LogP) is 2.94. The Hall–Kier alpha value is -2.63. The third kappa shape index (κ3) is 2.86. The maximum absolute atomic E-state index is 13.3. The highest BCUT2D eigenvalue weighted by Gasteiger charge is 2.18. The zero-order valence-electron chi connectivity index (χ0n) is 12.5. The van der Waals surface area contributed by atoms with E-state index in [9.17, 15) is 19.1 Å². The van der Waals surface area contributed by atoms with Crippen molar-refractivity contribution < 1.29 is 19.0 Å². The van der Waals surface area contributed by atoms with E-state index in [4.69, 9.17) is 4.74 Å². The predicted molar refractivity (Wildman–Crippen MR) is 80.0 cm³/mol. The van der Waals surface area contributed by atoms with E-state index in [1.807, 2.05) is 13.8 Å². The second-order valence-corrected chi connectivity index (χ2v) is 5.11. The topological polar surface area (TPSA) is 68.5 Å². The molecular weight excluding hydrogens is 289 g/mol. The number of rotatable bonds is 4. The van der Waals surface area contributed by atoms with Gasteiger partial charge in [-0.25, -0.2) is 9.18 Å². The lowest BCUT2D eigenvalue weighted by Gasteiger charge is -2.15. The number of carboxylic acid groups (broad SMARTS) is 1. The molecule has 0 saturated carbocycles. The number of halogens is 1. The van der Waals surface area contributed by atoms with E-state index in [2.05, 4.69) is 0 Å². The van der Waals surface area contributed by atoms with Crippen LogP contribution >= 0.6 is 0 Å². The fourth-order valence-corrected chi connectivity index (χ4v) is 2.13. The lowest BCUT2D eigenvalue weighted by molar-refractivity contribution is 0.0694. The number of aromatic carboxylic acids is 1. The maximum Gasteiger partial charge on any atom is 0.341 e. The first-order chi connectivity index (χ1) is 10.3. The molecule has 22 heavy (non-hydrogen) atoms. The summed E-state index contributed by atoms with van der Waals surface area (Å²) in [5.74, 6) is -1.63. The Morgan fingerprint density at radius 1 is 1.27 bits per heavy atom. The standard InChI is InChI=1S/C16H16FNO4/c1-9(2)18-7-12(15(19)13(8-18)16(20)21)11-5-4-10(17)6-14(11)22-3/h4-9H,1-3H3,(H,20,21). The Morgan fingerprint density at radius 2 is 1.95 bits per heavy atom. The largest absolute Gasteiger partial charge is 0.496 e. The first-order valence-corrected chi connectivity index (χ1v) is 6.68. The first-order valence-electron chi connectivity index (χ1n) is 6.68. The highest BCUT2D eigenvalue weighted by molar-refractivity contribution is 5.89. The molecule has 1 heterocycles. The summed E-state index contributed by atoms with van der Waals surface area (Å²) in [6.45, 7) is 3.73. The molecule has 0 spiro atoms. The minimum Gasteiger partial charge on any atom is -0.496 e. The number of carboxylic acids is 1. The highest BCUT2D eigenvalue weighted by Crippen LogP contribution is 2.29. The number of aromatic nitrogens is 1. The summed E-state index contributed by atoms with van der Waals surface area (Å²) in [6, 6.07) is 3.72. The van der Waals surface area contributed by atoms with Crippen molar-refractivity contribution in [2.75, 3.05) is 7.11 Å². The summed E-state index contributed by atoms with van der Waals surface area (Å²) in [5.41, 5.74) is -0.455. The van der Waals surface area contributed by atoms with Gasteiger partial charge >= 0.3 is 5.97 Å². The van der Waals surface area contributed by atoms with Crippen molar-refractivity contribution in [3.8, 4) is 16.9 Å². The van der Waals surface area contributed by atoms with Crippen molar-refractivity contribution in [3.05, 3.63) is 52.2 Å². The molecule has 0 aliphatic carbocycles. The molecule has 116 valence electrons. The van der Waals surface area contributed by atoms with E-state index in [1.54, 1.807) is 10.8 Å². The third-order valence-electron chi connectivity index (χ3n) is 3.33. The Bertz CT molecular complexity index is 780. The van der Waals surface area contributed by atoms with Crippen LogP contribution in [0.25, 0.3) is 11.1 Å². The smallest absolute Gasteiger partial charge is 0.341 e. The molecule has 0 saturated heterocycles. The van der Waals surface area contributed by atoms with E-state index < -0.39 is 17.2 Å². The van der Waals surface area contributed by atoms with Gasteiger partial charge in [0.2, 0.25) is 5.43 Å². The average molecular weight is 305 g/mol. The van der Waals surface area contributed by atoms with Crippen LogP contribution in [0, 0.1) is 5.82 Å². The molecule has 6 heteroatoms. The summed E-state index contributed by atoms with van der Waals surface area (Å²) < 4.78 is 20.0. The zero-order valence-corrected chi connectivity index (χ0v) is 12.5. The SMILES string of the molecule is COc1cc(F)ccc1-c1cn(C(C)C)cc(C(=O)O)c1=O. The normalized spacial score (nSPS) is 10.8. The molecule has 0 atom stereocenters.